The maximum Gasteiger partial charge on any atom is 0.410 e. The lowest BCUT2D eigenvalue weighted by Crippen LogP contribution is -2.44. The van der Waals surface area contributed by atoms with Crippen LogP contribution in [0.1, 0.15) is 32.1 Å². The Morgan fingerprint density at radius 1 is 1.38 bits per heavy atom. The fourth-order valence-electron chi connectivity index (χ4n) is 2.72. The number of rotatable bonds is 2. The molecule has 0 bridgehead atoms. The highest BCUT2D eigenvalue weighted by Crippen LogP contribution is 2.34. The predicted molar refractivity (Wildman–Crippen MR) is 56.0 cm³/mol. The number of aliphatic carboxylic acids is 1. The molecule has 1 saturated heterocycles. The highest BCUT2D eigenvalue weighted by atomic mass is 16.6. The fraction of sp³-hybridized carbons (Fsp3) is 0.818. The van der Waals surface area contributed by atoms with Crippen LogP contribution in [0.15, 0.2) is 0 Å². The Balaban J connectivity index is 2.12. The first-order chi connectivity index (χ1) is 7.61. The van der Waals surface area contributed by atoms with Gasteiger partial charge in [0.25, 0.3) is 0 Å². The molecule has 1 N–H and O–H groups in total. The van der Waals surface area contributed by atoms with Gasteiger partial charge in [0.1, 0.15) is 6.10 Å². The predicted octanol–water partition coefficient (Wildman–Crippen LogP) is 1.47. The van der Waals surface area contributed by atoms with Gasteiger partial charge < -0.3 is 9.84 Å². The molecule has 1 heterocycles. The van der Waals surface area contributed by atoms with E-state index in [2.05, 4.69) is 0 Å². The van der Waals surface area contributed by atoms with Gasteiger partial charge in [-0.3, -0.25) is 4.90 Å². The van der Waals surface area contributed by atoms with Crippen LogP contribution in [-0.4, -0.2) is 41.3 Å². The van der Waals surface area contributed by atoms with Gasteiger partial charge in [0.05, 0.1) is 0 Å². The first-order valence-electron chi connectivity index (χ1n) is 5.77. The van der Waals surface area contributed by atoms with Crippen LogP contribution in [0.25, 0.3) is 0 Å². The van der Waals surface area contributed by atoms with Gasteiger partial charge in [0, 0.05) is 7.05 Å². The second-order valence-corrected chi connectivity index (χ2v) is 4.64. The van der Waals surface area contributed by atoms with Crippen molar-refractivity contribution in [3.63, 3.8) is 0 Å². The minimum Gasteiger partial charge on any atom is -0.480 e. The molecule has 16 heavy (non-hydrogen) atoms. The Morgan fingerprint density at radius 2 is 2.00 bits per heavy atom. The van der Waals surface area contributed by atoms with Gasteiger partial charge in [-0.25, -0.2) is 9.59 Å². The minimum atomic E-state index is -0.969. The highest BCUT2D eigenvalue weighted by Gasteiger charge is 2.47. The molecule has 2 aliphatic rings. The van der Waals surface area contributed by atoms with Crippen molar-refractivity contribution in [3.8, 4) is 0 Å². The normalized spacial score (nSPS) is 31.6. The number of hydrogen-bond donors (Lipinski definition) is 1. The number of carboxylic acid groups (broad SMARTS) is 1. The standard InChI is InChI=1S/C11H17NO4/c1-12-8(10(13)14)9(16-11(12)15)7-5-3-2-4-6-7/h7-9H,2-6H2,1H3,(H,13,14). The van der Waals surface area contributed by atoms with Crippen molar-refractivity contribution in [1.82, 2.24) is 4.90 Å². The molecule has 0 aromatic rings. The van der Waals surface area contributed by atoms with E-state index in [9.17, 15) is 9.59 Å². The van der Waals surface area contributed by atoms with E-state index in [1.54, 1.807) is 0 Å². The molecule has 1 saturated carbocycles. The largest absolute Gasteiger partial charge is 0.480 e. The summed E-state index contributed by atoms with van der Waals surface area (Å²) in [5.74, 6) is -0.757. The zero-order chi connectivity index (χ0) is 11.7. The molecule has 1 amide bonds. The third kappa shape index (κ3) is 1.86. The summed E-state index contributed by atoms with van der Waals surface area (Å²) >= 11 is 0. The Morgan fingerprint density at radius 3 is 2.56 bits per heavy atom. The Hall–Kier alpha value is -1.26. The van der Waals surface area contributed by atoms with Crippen LogP contribution in [-0.2, 0) is 9.53 Å². The summed E-state index contributed by atoms with van der Waals surface area (Å²) in [4.78, 5) is 23.7. The molecule has 2 rings (SSSR count). The molecule has 1 aliphatic carbocycles. The van der Waals surface area contributed by atoms with Crippen LogP contribution >= 0.6 is 0 Å². The number of hydrogen-bond acceptors (Lipinski definition) is 3. The van der Waals surface area contributed by atoms with Gasteiger partial charge in [-0.1, -0.05) is 19.3 Å². The lowest BCUT2D eigenvalue weighted by molar-refractivity contribution is -0.143. The Bertz CT molecular complexity index is 298. The molecule has 0 aromatic carbocycles. The lowest BCUT2D eigenvalue weighted by Gasteiger charge is -2.28. The van der Waals surface area contributed by atoms with E-state index < -0.39 is 24.2 Å². The van der Waals surface area contributed by atoms with Gasteiger partial charge in [0.2, 0.25) is 0 Å². The minimum absolute atomic E-state index is 0.212. The fourth-order valence-corrected chi connectivity index (χ4v) is 2.72. The maximum atomic E-state index is 11.4. The Kier molecular flexibility index (Phi) is 3.03. The SMILES string of the molecule is CN1C(=O)OC(C2CCCCC2)C1C(=O)O. The van der Waals surface area contributed by atoms with Crippen molar-refractivity contribution >= 4 is 12.1 Å². The molecule has 0 spiro atoms. The van der Waals surface area contributed by atoms with E-state index in [0.717, 1.165) is 25.7 Å². The average Bonchev–Trinajstić information content (AvgIpc) is 2.57. The number of amides is 1. The van der Waals surface area contributed by atoms with Gasteiger partial charge >= 0.3 is 12.1 Å². The monoisotopic (exact) mass is 227 g/mol. The molecule has 1 aliphatic heterocycles. The molecular weight excluding hydrogens is 210 g/mol. The van der Waals surface area contributed by atoms with Crippen LogP contribution in [0, 0.1) is 5.92 Å². The van der Waals surface area contributed by atoms with Crippen LogP contribution in [0.5, 0.6) is 0 Å². The molecule has 2 atom stereocenters. The average molecular weight is 227 g/mol. The number of nitrogens with zero attached hydrogens (tertiary/aromatic N) is 1. The summed E-state index contributed by atoms with van der Waals surface area (Å²) in [6.45, 7) is 0. The number of carbonyl (C=O) groups excluding carboxylic acids is 1. The zero-order valence-corrected chi connectivity index (χ0v) is 9.39. The van der Waals surface area contributed by atoms with Crippen LogP contribution < -0.4 is 0 Å². The number of carbonyl (C=O) groups is 2. The van der Waals surface area contributed by atoms with Gasteiger partial charge in [-0.05, 0) is 18.8 Å². The lowest BCUT2D eigenvalue weighted by atomic mass is 9.82. The van der Waals surface area contributed by atoms with E-state index >= 15 is 0 Å². The molecule has 5 nitrogen and oxygen atoms in total. The quantitative estimate of drug-likeness (QED) is 0.775. The summed E-state index contributed by atoms with van der Waals surface area (Å²) in [5, 5.41) is 9.13. The van der Waals surface area contributed by atoms with Crippen LogP contribution in [0.2, 0.25) is 0 Å². The summed E-state index contributed by atoms with van der Waals surface area (Å²) < 4.78 is 5.19. The van der Waals surface area contributed by atoms with Crippen molar-refractivity contribution < 1.29 is 19.4 Å². The summed E-state index contributed by atoms with van der Waals surface area (Å²) in [5.41, 5.74) is 0. The van der Waals surface area contributed by atoms with E-state index in [1.165, 1.54) is 18.4 Å². The van der Waals surface area contributed by atoms with E-state index in [4.69, 9.17) is 9.84 Å². The molecule has 0 radical (unpaired) electrons. The van der Waals surface area contributed by atoms with Crippen molar-refractivity contribution in [2.75, 3.05) is 7.05 Å². The first kappa shape index (κ1) is 11.2. The third-order valence-electron chi connectivity index (χ3n) is 3.62. The molecule has 2 unspecified atom stereocenters. The van der Waals surface area contributed by atoms with E-state index in [1.807, 2.05) is 0 Å². The number of ether oxygens (including phenoxy) is 1. The summed E-state index contributed by atoms with van der Waals surface area (Å²) in [6.07, 6.45) is 4.37. The molecule has 90 valence electrons. The smallest absolute Gasteiger partial charge is 0.410 e. The van der Waals surface area contributed by atoms with Crippen molar-refractivity contribution in [3.05, 3.63) is 0 Å². The first-order valence-corrected chi connectivity index (χ1v) is 5.77. The van der Waals surface area contributed by atoms with Gasteiger partial charge in [-0.2, -0.15) is 0 Å². The number of likely N-dealkylation sites (N-methyl/N-ethyl adjacent to an activating group) is 1. The maximum absolute atomic E-state index is 11.4. The molecule has 5 heteroatoms. The second-order valence-electron chi connectivity index (χ2n) is 4.64. The topological polar surface area (TPSA) is 66.8 Å². The van der Waals surface area contributed by atoms with Crippen molar-refractivity contribution in [2.45, 2.75) is 44.2 Å². The summed E-state index contributed by atoms with van der Waals surface area (Å²) in [7, 11) is 1.49. The van der Waals surface area contributed by atoms with Crippen molar-refractivity contribution in [2.24, 2.45) is 5.92 Å². The second kappa shape index (κ2) is 4.31. The number of carboxylic acids is 1. The molecule has 2 fully saturated rings. The number of cyclic esters (lactones) is 1. The van der Waals surface area contributed by atoms with E-state index in [0.29, 0.717) is 0 Å². The third-order valence-corrected chi connectivity index (χ3v) is 3.62. The van der Waals surface area contributed by atoms with Gasteiger partial charge in [-0.15, -0.1) is 0 Å². The molecular formula is C11H17NO4. The zero-order valence-electron chi connectivity index (χ0n) is 9.39. The van der Waals surface area contributed by atoms with Gasteiger partial charge in [0.15, 0.2) is 6.04 Å². The van der Waals surface area contributed by atoms with Crippen molar-refractivity contribution in [1.29, 1.82) is 0 Å². The van der Waals surface area contributed by atoms with E-state index in [-0.39, 0.29) is 5.92 Å². The Labute approximate surface area is 94.4 Å². The summed E-state index contributed by atoms with van der Waals surface area (Å²) in [6, 6.07) is -0.810. The van der Waals surface area contributed by atoms with Crippen LogP contribution in [0.3, 0.4) is 0 Å². The highest BCUT2D eigenvalue weighted by molar-refractivity contribution is 5.83. The molecule has 0 aromatic heterocycles. The van der Waals surface area contributed by atoms with Crippen LogP contribution in [0.4, 0.5) is 4.79 Å².